The van der Waals surface area contributed by atoms with E-state index in [0.717, 1.165) is 28.3 Å². The number of hydrogen-bond acceptors (Lipinski definition) is 5. The van der Waals surface area contributed by atoms with E-state index in [1.54, 1.807) is 0 Å². The quantitative estimate of drug-likeness (QED) is 0.160. The molecule has 1 heterocycles. The molecule has 0 unspecified atom stereocenters. The summed E-state index contributed by atoms with van der Waals surface area (Å²) in [6.45, 7) is -0.142. The van der Waals surface area contributed by atoms with E-state index in [0.29, 0.717) is 12.0 Å². The van der Waals surface area contributed by atoms with E-state index in [1.165, 1.54) is 47.9 Å². The molecule has 6 rings (SSSR count). The smallest absolute Gasteiger partial charge is 0.339 e. The van der Waals surface area contributed by atoms with Crippen molar-refractivity contribution < 1.29 is 41.0 Å². The molecule has 1 aliphatic heterocycles. The molecule has 2 fully saturated rings. The van der Waals surface area contributed by atoms with Crippen molar-refractivity contribution in [1.29, 1.82) is 0 Å². The molecule has 262 valence electrons. The maximum Gasteiger partial charge on any atom is 0.339 e. The first-order valence-corrected chi connectivity index (χ1v) is 18.1. The average molecular weight is 707 g/mol. The van der Waals surface area contributed by atoms with Crippen LogP contribution in [0.25, 0.3) is 0 Å². The molecule has 0 radical (unpaired) electrons. The zero-order chi connectivity index (χ0) is 35.4. The van der Waals surface area contributed by atoms with Gasteiger partial charge in [0.05, 0.1) is 6.54 Å². The molecule has 1 N–H and O–H groups in total. The largest absolute Gasteiger partial charge is 0.488 e. The number of anilines is 1. The monoisotopic (exact) mass is 706 g/mol. The summed E-state index contributed by atoms with van der Waals surface area (Å²) >= 11 is 0. The van der Waals surface area contributed by atoms with Gasteiger partial charge in [-0.3, -0.25) is 4.79 Å². The van der Waals surface area contributed by atoms with Gasteiger partial charge < -0.3 is 14.7 Å². The predicted molar refractivity (Wildman–Crippen MR) is 181 cm³/mol. The minimum absolute atomic E-state index is 0.00231. The van der Waals surface area contributed by atoms with Crippen LogP contribution in [0.2, 0.25) is 0 Å². The summed E-state index contributed by atoms with van der Waals surface area (Å²) < 4.78 is 77.1. The molecular formula is C38H37F3N2O6S. The zero-order valence-corrected chi connectivity index (χ0v) is 28.1. The van der Waals surface area contributed by atoms with Gasteiger partial charge in [0, 0.05) is 24.4 Å². The number of carbonyl (C=O) groups excluding carboxylic acids is 1. The number of halogens is 3. The van der Waals surface area contributed by atoms with Crippen molar-refractivity contribution in [2.45, 2.75) is 75.0 Å². The van der Waals surface area contributed by atoms with Gasteiger partial charge in [-0.25, -0.2) is 26.4 Å². The number of ether oxygens (including phenoxy) is 1. The van der Waals surface area contributed by atoms with Crippen molar-refractivity contribution in [1.82, 2.24) is 4.31 Å². The SMILES string of the molecule is O=C(O)c1ccc(N(Cc2ccc(C3CCCCC3)cc2)C(=O)[C@H]2CCCN2S(=O)(=O)c2cc(F)cc(F)c2F)cc1OCc1ccccc1. The van der Waals surface area contributed by atoms with E-state index in [1.807, 2.05) is 54.6 Å². The van der Waals surface area contributed by atoms with E-state index in [4.69, 9.17) is 4.74 Å². The highest BCUT2D eigenvalue weighted by molar-refractivity contribution is 7.89. The van der Waals surface area contributed by atoms with E-state index in [2.05, 4.69) is 0 Å². The van der Waals surface area contributed by atoms with Gasteiger partial charge in [-0.1, -0.05) is 73.9 Å². The number of sulfonamides is 1. The summed E-state index contributed by atoms with van der Waals surface area (Å²) in [5.41, 5.74) is 2.83. The molecule has 1 amide bonds. The molecule has 0 bridgehead atoms. The second-order valence-electron chi connectivity index (χ2n) is 12.7. The van der Waals surface area contributed by atoms with Gasteiger partial charge >= 0.3 is 5.97 Å². The van der Waals surface area contributed by atoms with Crippen LogP contribution in [-0.2, 0) is 28.0 Å². The molecule has 4 aromatic carbocycles. The molecule has 1 saturated heterocycles. The van der Waals surface area contributed by atoms with Gasteiger partial charge in [-0.2, -0.15) is 4.31 Å². The second-order valence-corrected chi connectivity index (χ2v) is 14.6. The first-order chi connectivity index (χ1) is 24.0. The molecule has 4 aromatic rings. The van der Waals surface area contributed by atoms with Crippen LogP contribution in [-0.4, -0.2) is 42.3 Å². The Morgan fingerprint density at radius 1 is 0.840 bits per heavy atom. The Kier molecular flexibility index (Phi) is 10.6. The third-order valence-corrected chi connectivity index (χ3v) is 11.3. The third-order valence-electron chi connectivity index (χ3n) is 9.44. The van der Waals surface area contributed by atoms with Crippen LogP contribution in [0.4, 0.5) is 18.9 Å². The Morgan fingerprint density at radius 3 is 2.26 bits per heavy atom. The Balaban J connectivity index is 1.36. The van der Waals surface area contributed by atoms with Crippen molar-refractivity contribution in [3.8, 4) is 5.75 Å². The van der Waals surface area contributed by atoms with Crippen LogP contribution >= 0.6 is 0 Å². The highest BCUT2D eigenvalue weighted by Crippen LogP contribution is 2.35. The molecule has 0 aromatic heterocycles. The lowest BCUT2D eigenvalue weighted by Crippen LogP contribution is -2.48. The fourth-order valence-corrected chi connectivity index (χ4v) is 8.56. The van der Waals surface area contributed by atoms with E-state index < -0.39 is 50.3 Å². The molecule has 2 aliphatic rings. The number of carboxylic acids is 1. The first kappa shape index (κ1) is 35.2. The summed E-state index contributed by atoms with van der Waals surface area (Å²) in [5.74, 6) is -6.13. The lowest BCUT2D eigenvalue weighted by molar-refractivity contribution is -0.121. The molecule has 1 aliphatic carbocycles. The third kappa shape index (κ3) is 7.56. The number of aromatic carboxylic acids is 1. The summed E-state index contributed by atoms with van der Waals surface area (Å²) in [6, 6.07) is 20.5. The Hall–Kier alpha value is -4.68. The van der Waals surface area contributed by atoms with E-state index in [-0.39, 0.29) is 55.6 Å². The second kappa shape index (κ2) is 15.1. The van der Waals surface area contributed by atoms with Crippen LogP contribution in [0.1, 0.15) is 77.9 Å². The lowest BCUT2D eigenvalue weighted by Gasteiger charge is -2.31. The molecule has 50 heavy (non-hydrogen) atoms. The number of amides is 1. The van der Waals surface area contributed by atoms with E-state index in [9.17, 15) is 36.3 Å². The molecule has 8 nitrogen and oxygen atoms in total. The van der Waals surface area contributed by atoms with Crippen LogP contribution in [0.5, 0.6) is 5.75 Å². The number of rotatable bonds is 11. The van der Waals surface area contributed by atoms with Crippen LogP contribution in [0, 0.1) is 17.5 Å². The Labute approximate surface area is 289 Å². The fraction of sp³-hybridized carbons (Fsp3) is 0.316. The van der Waals surface area contributed by atoms with Gasteiger partial charge in [0.1, 0.15) is 34.7 Å². The molecule has 12 heteroatoms. The number of benzene rings is 4. The van der Waals surface area contributed by atoms with Gasteiger partial charge in [0.15, 0.2) is 11.6 Å². The van der Waals surface area contributed by atoms with Crippen LogP contribution in [0.15, 0.2) is 89.8 Å². The topological polar surface area (TPSA) is 104 Å². The van der Waals surface area contributed by atoms with Gasteiger partial charge in [0.25, 0.3) is 0 Å². The summed E-state index contributed by atoms with van der Waals surface area (Å²) in [6.07, 6.45) is 6.08. The summed E-state index contributed by atoms with van der Waals surface area (Å²) in [7, 11) is -4.85. The normalized spacial score (nSPS) is 17.1. The highest BCUT2D eigenvalue weighted by atomic mass is 32.2. The Morgan fingerprint density at radius 2 is 1.56 bits per heavy atom. The minimum atomic E-state index is -4.85. The van der Waals surface area contributed by atoms with Crippen molar-refractivity contribution in [2.24, 2.45) is 0 Å². The van der Waals surface area contributed by atoms with Gasteiger partial charge in [0.2, 0.25) is 15.9 Å². The summed E-state index contributed by atoms with van der Waals surface area (Å²) in [4.78, 5) is 26.8. The number of carboxylic acid groups (broad SMARTS) is 1. The molecular weight excluding hydrogens is 669 g/mol. The predicted octanol–water partition coefficient (Wildman–Crippen LogP) is 7.82. The van der Waals surface area contributed by atoms with Crippen molar-refractivity contribution in [3.63, 3.8) is 0 Å². The van der Waals surface area contributed by atoms with E-state index >= 15 is 0 Å². The minimum Gasteiger partial charge on any atom is -0.488 e. The zero-order valence-electron chi connectivity index (χ0n) is 27.2. The van der Waals surface area contributed by atoms with Crippen LogP contribution < -0.4 is 9.64 Å². The van der Waals surface area contributed by atoms with Crippen molar-refractivity contribution in [3.05, 3.63) is 125 Å². The Bertz CT molecular complexity index is 1970. The molecule has 1 atom stereocenters. The van der Waals surface area contributed by atoms with Crippen molar-refractivity contribution >= 4 is 27.6 Å². The first-order valence-electron chi connectivity index (χ1n) is 16.6. The summed E-state index contributed by atoms with van der Waals surface area (Å²) in [5, 5.41) is 9.92. The standard InChI is InChI=1S/C38H37F3N2O6S/c39-29-20-32(40)36(41)35(21-29)50(47,48)43-19-7-12-33(43)37(44)42(23-25-13-15-28(16-14-25)27-10-5-2-6-11-27)30-17-18-31(38(45)46)34(22-30)49-24-26-8-3-1-4-9-26/h1,3-4,8-9,13-18,20-22,27,33H,2,5-7,10-12,19,23-24H2,(H,45,46)/t33-/m1/s1. The number of hydrogen-bond donors (Lipinski definition) is 1. The molecule has 1 saturated carbocycles. The highest BCUT2D eigenvalue weighted by Gasteiger charge is 2.43. The van der Waals surface area contributed by atoms with Crippen LogP contribution in [0.3, 0.4) is 0 Å². The molecule has 0 spiro atoms. The fourth-order valence-electron chi connectivity index (χ4n) is 6.82. The lowest BCUT2D eigenvalue weighted by atomic mass is 9.84. The average Bonchev–Trinajstić information content (AvgIpc) is 3.63. The number of nitrogens with zero attached hydrogens (tertiary/aromatic N) is 2. The van der Waals surface area contributed by atoms with Gasteiger partial charge in [-0.15, -0.1) is 0 Å². The van der Waals surface area contributed by atoms with Crippen molar-refractivity contribution in [2.75, 3.05) is 11.4 Å². The van der Waals surface area contributed by atoms with Gasteiger partial charge in [-0.05, 0) is 66.5 Å². The number of carbonyl (C=O) groups is 2. The maximum absolute atomic E-state index is 14.8. The maximum atomic E-state index is 14.8.